The van der Waals surface area contributed by atoms with E-state index in [2.05, 4.69) is 19.2 Å². The largest absolute Gasteiger partial charge is 0.367 e. The third-order valence-electron chi connectivity index (χ3n) is 7.30. The number of nitrogens with zero attached hydrogens (tertiary/aromatic N) is 1. The first kappa shape index (κ1) is 33.4. The molecule has 0 aliphatic heterocycles. The normalized spacial score (nSPS) is 13.4. The van der Waals surface area contributed by atoms with E-state index in [9.17, 15) is 9.90 Å². The summed E-state index contributed by atoms with van der Waals surface area (Å²) >= 11 is 0. The maximum Gasteiger partial charge on any atom is 0.267 e. The summed E-state index contributed by atoms with van der Waals surface area (Å²) in [7, 11) is 3.59. The van der Waals surface area contributed by atoms with Gasteiger partial charge in [0.1, 0.15) is 0 Å². The second kappa shape index (κ2) is 24.1. The molecule has 0 fully saturated rings. The smallest absolute Gasteiger partial charge is 0.267 e. The van der Waals surface area contributed by atoms with Gasteiger partial charge in [-0.1, -0.05) is 142 Å². The molecular weight excluding hydrogens is 420 g/mol. The lowest BCUT2D eigenvalue weighted by Crippen LogP contribution is -2.56. The summed E-state index contributed by atoms with van der Waals surface area (Å²) in [6.45, 7) is 5.13. The van der Waals surface area contributed by atoms with Crippen molar-refractivity contribution in [2.24, 2.45) is 0 Å². The van der Waals surface area contributed by atoms with Crippen molar-refractivity contribution in [3.63, 3.8) is 0 Å². The molecule has 0 saturated carbocycles. The van der Waals surface area contributed by atoms with Gasteiger partial charge in [-0.3, -0.25) is 9.69 Å². The predicted octanol–water partition coefficient (Wildman–Crippen LogP) is 8.36. The number of hydrogen-bond donors (Lipinski definition) is 2. The van der Waals surface area contributed by atoms with Gasteiger partial charge in [0.15, 0.2) is 5.72 Å². The highest BCUT2D eigenvalue weighted by Gasteiger charge is 2.37. The van der Waals surface area contributed by atoms with Gasteiger partial charge >= 0.3 is 0 Å². The molecule has 0 aliphatic rings. The van der Waals surface area contributed by atoms with E-state index in [1.807, 2.05) is 0 Å². The number of hydrogen-bond acceptors (Lipinski definition) is 3. The Kier molecular flexibility index (Phi) is 23.7. The number of carbonyl (C=O) groups excluding carboxylic acids is 1. The van der Waals surface area contributed by atoms with Crippen LogP contribution >= 0.6 is 0 Å². The molecule has 0 aliphatic carbocycles. The van der Waals surface area contributed by atoms with E-state index in [1.165, 1.54) is 116 Å². The lowest BCUT2D eigenvalue weighted by molar-refractivity contribution is -0.159. The van der Waals surface area contributed by atoms with E-state index in [-0.39, 0.29) is 5.91 Å². The van der Waals surface area contributed by atoms with E-state index in [0.29, 0.717) is 13.0 Å². The fourth-order valence-corrected chi connectivity index (χ4v) is 4.71. The Morgan fingerprint density at radius 1 is 0.588 bits per heavy atom. The lowest BCUT2D eigenvalue weighted by atomic mass is 10.0. The number of amides is 1. The van der Waals surface area contributed by atoms with Gasteiger partial charge in [-0.25, -0.2) is 0 Å². The van der Waals surface area contributed by atoms with Gasteiger partial charge in [-0.05, 0) is 33.4 Å². The highest BCUT2D eigenvalue weighted by Crippen LogP contribution is 2.20. The Hall–Kier alpha value is -0.610. The van der Waals surface area contributed by atoms with Crippen LogP contribution in [0.2, 0.25) is 0 Å². The van der Waals surface area contributed by atoms with Crippen molar-refractivity contribution in [1.29, 1.82) is 0 Å². The summed E-state index contributed by atoms with van der Waals surface area (Å²) < 4.78 is 0. The lowest BCUT2D eigenvalue weighted by Gasteiger charge is -2.33. The molecule has 0 radical (unpaired) electrons. The first-order chi connectivity index (χ1) is 16.5. The number of carbonyl (C=O) groups is 1. The molecule has 1 amide bonds. The summed E-state index contributed by atoms with van der Waals surface area (Å²) in [5.74, 6) is -0.235. The summed E-state index contributed by atoms with van der Waals surface area (Å²) in [5, 5.41) is 13.9. The van der Waals surface area contributed by atoms with E-state index in [4.69, 9.17) is 0 Å². The Morgan fingerprint density at radius 3 is 1.26 bits per heavy atom. The van der Waals surface area contributed by atoms with Crippen molar-refractivity contribution in [3.05, 3.63) is 0 Å². The zero-order valence-electron chi connectivity index (χ0n) is 23.8. The molecule has 0 spiro atoms. The number of rotatable bonds is 26. The van der Waals surface area contributed by atoms with Crippen LogP contribution in [0.1, 0.15) is 162 Å². The van der Waals surface area contributed by atoms with E-state index < -0.39 is 5.72 Å². The summed E-state index contributed by atoms with van der Waals surface area (Å²) in [4.78, 5) is 14.2. The Bertz CT molecular complexity index is 442. The maximum absolute atomic E-state index is 12.5. The summed E-state index contributed by atoms with van der Waals surface area (Å²) in [6, 6.07) is 0. The first-order valence-corrected chi connectivity index (χ1v) is 15.2. The minimum Gasteiger partial charge on any atom is -0.367 e. The molecule has 0 saturated heterocycles. The monoisotopic (exact) mass is 482 g/mol. The zero-order chi connectivity index (χ0) is 25.3. The van der Waals surface area contributed by atoms with Gasteiger partial charge in [0, 0.05) is 6.54 Å². The van der Waals surface area contributed by atoms with Crippen LogP contribution in [0.5, 0.6) is 0 Å². The van der Waals surface area contributed by atoms with Crippen LogP contribution in [-0.2, 0) is 4.79 Å². The van der Waals surface area contributed by atoms with Crippen LogP contribution in [0.3, 0.4) is 0 Å². The number of nitrogens with one attached hydrogen (secondary N) is 1. The molecule has 0 aromatic heterocycles. The average Bonchev–Trinajstić information content (AvgIpc) is 2.82. The van der Waals surface area contributed by atoms with Gasteiger partial charge < -0.3 is 10.4 Å². The van der Waals surface area contributed by atoms with Crippen molar-refractivity contribution < 1.29 is 9.90 Å². The third-order valence-corrected chi connectivity index (χ3v) is 7.30. The Balaban J connectivity index is 3.59. The topological polar surface area (TPSA) is 52.6 Å². The van der Waals surface area contributed by atoms with Crippen LogP contribution in [0.15, 0.2) is 0 Å². The second-order valence-electron chi connectivity index (χ2n) is 10.8. The minimum absolute atomic E-state index is 0.235. The highest BCUT2D eigenvalue weighted by molar-refractivity contribution is 5.84. The van der Waals surface area contributed by atoms with Crippen LogP contribution < -0.4 is 5.32 Å². The van der Waals surface area contributed by atoms with Crippen LogP contribution in [0, 0.1) is 0 Å². The predicted molar refractivity (Wildman–Crippen MR) is 149 cm³/mol. The van der Waals surface area contributed by atoms with E-state index in [0.717, 1.165) is 25.7 Å². The first-order valence-electron chi connectivity index (χ1n) is 15.2. The minimum atomic E-state index is -1.38. The number of unbranched alkanes of at least 4 members (excludes halogenated alkanes) is 20. The second-order valence-corrected chi connectivity index (χ2v) is 10.8. The summed E-state index contributed by atoms with van der Waals surface area (Å²) in [6.07, 6.45) is 29.2. The molecule has 0 bridgehead atoms. The van der Waals surface area contributed by atoms with Crippen LogP contribution in [0.25, 0.3) is 0 Å². The van der Waals surface area contributed by atoms with Crippen LogP contribution in [0.4, 0.5) is 0 Å². The van der Waals surface area contributed by atoms with Crippen molar-refractivity contribution in [2.45, 2.75) is 167 Å². The molecule has 1 unspecified atom stereocenters. The molecule has 0 rings (SSSR count). The quantitative estimate of drug-likeness (QED) is 0.0961. The van der Waals surface area contributed by atoms with Gasteiger partial charge in [0.2, 0.25) is 0 Å². The molecule has 2 N–H and O–H groups in total. The molecule has 0 aromatic carbocycles. The molecule has 0 heterocycles. The molecule has 4 heteroatoms. The molecule has 0 aromatic rings. The number of likely N-dealkylation sites (N-methyl/N-ethyl adjacent to an activating group) is 1. The van der Waals surface area contributed by atoms with Crippen molar-refractivity contribution in [1.82, 2.24) is 10.2 Å². The average molecular weight is 483 g/mol. The highest BCUT2D eigenvalue weighted by atomic mass is 16.3. The SMILES string of the molecule is CCCCCCCCCCCCCCCCCCCCC(O)(C(=O)NCCCCCC)N(C)C. The Morgan fingerprint density at radius 2 is 0.912 bits per heavy atom. The van der Waals surface area contributed by atoms with Gasteiger partial charge in [0.25, 0.3) is 5.91 Å². The fraction of sp³-hybridized carbons (Fsp3) is 0.967. The van der Waals surface area contributed by atoms with Crippen molar-refractivity contribution in [3.8, 4) is 0 Å². The van der Waals surface area contributed by atoms with Crippen molar-refractivity contribution >= 4 is 5.91 Å². The molecule has 1 atom stereocenters. The van der Waals surface area contributed by atoms with Gasteiger partial charge in [-0.15, -0.1) is 0 Å². The zero-order valence-corrected chi connectivity index (χ0v) is 23.8. The van der Waals surface area contributed by atoms with Crippen molar-refractivity contribution in [2.75, 3.05) is 20.6 Å². The van der Waals surface area contributed by atoms with Gasteiger partial charge in [-0.2, -0.15) is 0 Å². The Labute approximate surface area is 214 Å². The third kappa shape index (κ3) is 18.7. The van der Waals surface area contributed by atoms with Crippen LogP contribution in [-0.4, -0.2) is 42.3 Å². The molecule has 204 valence electrons. The molecule has 34 heavy (non-hydrogen) atoms. The number of aliphatic hydroxyl groups is 1. The van der Waals surface area contributed by atoms with Gasteiger partial charge in [0.05, 0.1) is 0 Å². The van der Waals surface area contributed by atoms with E-state index >= 15 is 0 Å². The molecule has 4 nitrogen and oxygen atoms in total. The van der Waals surface area contributed by atoms with E-state index in [1.54, 1.807) is 19.0 Å². The summed E-state index contributed by atoms with van der Waals surface area (Å²) in [5.41, 5.74) is -1.38. The fourth-order valence-electron chi connectivity index (χ4n) is 4.71. The standard InChI is InChI=1S/C30H62N2O2/c1-5-7-9-11-12-13-14-15-16-17-18-19-20-21-22-23-24-25-27-30(34,32(3)4)29(33)31-28-26-10-8-6-2/h34H,5-28H2,1-4H3,(H,31,33). The molecular formula is C30H62N2O2. The maximum atomic E-state index is 12.5.